The molecule has 0 aliphatic rings. The minimum atomic E-state index is -3.34. The third-order valence-corrected chi connectivity index (χ3v) is 0.276. The molecule has 8 heteroatoms. The van der Waals surface area contributed by atoms with Gasteiger partial charge in [0.25, 0.3) is 6.43 Å². The number of aliphatic carboxylic acids is 1. The third-order valence-electron chi connectivity index (χ3n) is 0.276. The Kier molecular flexibility index (Phi) is 15.7. The van der Waals surface area contributed by atoms with E-state index in [1.54, 1.807) is 0 Å². The Hall–Kier alpha value is -0.320. The largest absolute Gasteiger partial charge is 1.00 e. The molecule has 0 rings (SSSR count). The second-order valence-electron chi connectivity index (χ2n) is 1.05. The number of carbonyl (C=O) groups excluding carboxylic acids is 1. The molecule has 0 atom stereocenters. The Bertz CT molecular complexity index is 158. The van der Waals surface area contributed by atoms with E-state index in [9.17, 15) is 17.6 Å². The summed E-state index contributed by atoms with van der Waals surface area (Å²) < 4.78 is 41.8. The monoisotopic (exact) mass is 195 g/mol. The van der Waals surface area contributed by atoms with Crippen molar-refractivity contribution in [3.8, 4) is 6.07 Å². The van der Waals surface area contributed by atoms with E-state index < -0.39 is 18.8 Å². The summed E-state index contributed by atoms with van der Waals surface area (Å²) in [6.07, 6.45) is -6.15. The maximum atomic E-state index is 10.5. The van der Waals surface area contributed by atoms with Crippen molar-refractivity contribution in [2.24, 2.45) is 0 Å². The van der Waals surface area contributed by atoms with Gasteiger partial charge in [-0.15, -0.1) is 0 Å². The average Bonchev–Trinajstić information content (AvgIpc) is 1.89. The van der Waals surface area contributed by atoms with Crippen LogP contribution in [0.5, 0.6) is 0 Å². The summed E-state index contributed by atoms with van der Waals surface area (Å²) in [6.45, 7) is 0. The molecule has 0 N–H and O–H groups in total. The van der Waals surface area contributed by atoms with Crippen molar-refractivity contribution < 1.29 is 57.0 Å². The minimum Gasteiger partial charge on any atom is -0.544 e. The number of carboxylic acids is 1. The predicted molar refractivity (Wildman–Crippen MR) is 22.6 cm³/mol. The van der Waals surface area contributed by atoms with E-state index in [4.69, 9.17) is 15.2 Å². The first-order valence-electron chi connectivity index (χ1n) is 2.08. The van der Waals surface area contributed by atoms with Crippen LogP contribution in [-0.4, -0.2) is 18.8 Å². The number of halogens is 4. The number of carboxylic acid groups (broad SMARTS) is 1. The topological polar surface area (TPSA) is 63.9 Å². The Morgan fingerprint density at radius 3 is 1.50 bits per heavy atom. The van der Waals surface area contributed by atoms with Crippen molar-refractivity contribution in [3.05, 3.63) is 0 Å². The molecular formula is C4H2F4NNaO2. The summed E-state index contributed by atoms with van der Waals surface area (Å²) in [6, 6.07) is 0.694. The maximum Gasteiger partial charge on any atom is 1.00 e. The summed E-state index contributed by atoms with van der Waals surface area (Å²) in [5.74, 6) is -2.32. The SMILES string of the molecule is N#CC(F)F.O=C([O-])C(F)F.[Na+]. The standard InChI is InChI=1S/C2HF2N.C2H2F2O2.Na/c3-2(4)1-5;3-1(4)2(5)6;/h2H;1H,(H,5,6);/q;;+1/p-1. The molecule has 0 heterocycles. The molecule has 0 aromatic rings. The van der Waals surface area contributed by atoms with Crippen LogP contribution >= 0.6 is 0 Å². The molecule has 0 aliphatic carbocycles. The summed E-state index contributed by atoms with van der Waals surface area (Å²) in [5.41, 5.74) is 0. The maximum absolute atomic E-state index is 10.5. The number of rotatable bonds is 1. The normalized spacial score (nSPS) is 7.75. The van der Waals surface area contributed by atoms with Crippen LogP contribution in [0.25, 0.3) is 0 Å². The summed E-state index contributed by atoms with van der Waals surface area (Å²) in [5, 5.41) is 16.0. The first-order valence-corrected chi connectivity index (χ1v) is 2.08. The van der Waals surface area contributed by atoms with E-state index in [2.05, 4.69) is 0 Å². The Morgan fingerprint density at radius 2 is 1.50 bits per heavy atom. The van der Waals surface area contributed by atoms with Crippen molar-refractivity contribution in [3.63, 3.8) is 0 Å². The van der Waals surface area contributed by atoms with Crippen LogP contribution < -0.4 is 34.7 Å². The van der Waals surface area contributed by atoms with Gasteiger partial charge in [-0.3, -0.25) is 0 Å². The summed E-state index contributed by atoms with van der Waals surface area (Å²) >= 11 is 0. The van der Waals surface area contributed by atoms with Crippen LogP contribution in [0, 0.1) is 11.3 Å². The van der Waals surface area contributed by atoms with Gasteiger partial charge < -0.3 is 9.90 Å². The third kappa shape index (κ3) is 22.6. The van der Waals surface area contributed by atoms with Crippen molar-refractivity contribution >= 4 is 5.97 Å². The molecule has 12 heavy (non-hydrogen) atoms. The molecule has 0 bridgehead atoms. The van der Waals surface area contributed by atoms with Gasteiger partial charge in [0.05, 0.1) is 0 Å². The molecule has 0 unspecified atom stereocenters. The molecule has 0 amide bonds. The molecule has 0 aliphatic heterocycles. The molecule has 0 radical (unpaired) electrons. The van der Waals surface area contributed by atoms with E-state index in [0.29, 0.717) is 6.07 Å². The Morgan fingerprint density at radius 1 is 1.33 bits per heavy atom. The van der Waals surface area contributed by atoms with Gasteiger partial charge in [0.15, 0.2) is 0 Å². The van der Waals surface area contributed by atoms with Crippen LogP contribution in [0.2, 0.25) is 0 Å². The molecule has 0 fully saturated rings. The van der Waals surface area contributed by atoms with Gasteiger partial charge in [-0.2, -0.15) is 14.0 Å². The second kappa shape index (κ2) is 10.7. The summed E-state index contributed by atoms with van der Waals surface area (Å²) in [7, 11) is 0. The van der Waals surface area contributed by atoms with Gasteiger partial charge in [0, 0.05) is 0 Å². The molecule has 0 saturated heterocycles. The number of nitriles is 1. The fraction of sp³-hybridized carbons (Fsp3) is 0.500. The first-order chi connectivity index (χ1) is 4.91. The van der Waals surface area contributed by atoms with E-state index in [-0.39, 0.29) is 29.6 Å². The van der Waals surface area contributed by atoms with Gasteiger partial charge in [-0.25, -0.2) is 8.78 Å². The van der Waals surface area contributed by atoms with E-state index in [1.807, 2.05) is 0 Å². The van der Waals surface area contributed by atoms with Crippen LogP contribution in [0.15, 0.2) is 0 Å². The van der Waals surface area contributed by atoms with Crippen molar-refractivity contribution in [2.45, 2.75) is 12.9 Å². The Labute approximate surface area is 87.3 Å². The van der Waals surface area contributed by atoms with Crippen molar-refractivity contribution in [1.82, 2.24) is 0 Å². The van der Waals surface area contributed by atoms with E-state index >= 15 is 0 Å². The van der Waals surface area contributed by atoms with Gasteiger partial charge in [0.1, 0.15) is 12.0 Å². The molecule has 0 aromatic carbocycles. The number of carbonyl (C=O) groups is 1. The molecule has 0 spiro atoms. The zero-order valence-electron chi connectivity index (χ0n) is 5.93. The van der Waals surface area contributed by atoms with E-state index in [0.717, 1.165) is 0 Å². The van der Waals surface area contributed by atoms with Crippen LogP contribution in [0.1, 0.15) is 0 Å². The smallest absolute Gasteiger partial charge is 0.544 e. The van der Waals surface area contributed by atoms with Crippen molar-refractivity contribution in [2.75, 3.05) is 0 Å². The molecule has 0 aromatic heterocycles. The molecule has 3 nitrogen and oxygen atoms in total. The molecular weight excluding hydrogens is 193 g/mol. The summed E-state index contributed by atoms with van der Waals surface area (Å²) in [4.78, 5) is 8.84. The van der Waals surface area contributed by atoms with Gasteiger partial charge in [-0.1, -0.05) is 0 Å². The molecule has 64 valence electrons. The van der Waals surface area contributed by atoms with Gasteiger partial charge in [0.2, 0.25) is 0 Å². The Balaban J connectivity index is -0.000000126. The van der Waals surface area contributed by atoms with Gasteiger partial charge >= 0.3 is 36.0 Å². The quantitative estimate of drug-likeness (QED) is 0.326. The number of alkyl halides is 4. The zero-order chi connectivity index (χ0) is 9.44. The van der Waals surface area contributed by atoms with Crippen LogP contribution in [0.3, 0.4) is 0 Å². The van der Waals surface area contributed by atoms with Crippen molar-refractivity contribution in [1.29, 1.82) is 5.26 Å². The average molecular weight is 195 g/mol. The number of nitrogens with zero attached hydrogens (tertiary/aromatic N) is 1. The predicted octanol–water partition coefficient (Wildman–Crippen LogP) is -3.22. The zero-order valence-corrected chi connectivity index (χ0v) is 7.93. The van der Waals surface area contributed by atoms with Gasteiger partial charge in [-0.05, 0) is 0 Å². The fourth-order valence-corrected chi connectivity index (χ4v) is 0. The number of hydrogen-bond donors (Lipinski definition) is 0. The molecule has 0 saturated carbocycles. The second-order valence-corrected chi connectivity index (χ2v) is 1.05. The first kappa shape index (κ1) is 17.7. The van der Waals surface area contributed by atoms with Crippen LogP contribution in [-0.2, 0) is 4.79 Å². The minimum absolute atomic E-state index is 0. The fourth-order valence-electron chi connectivity index (χ4n) is 0. The number of hydrogen-bond acceptors (Lipinski definition) is 3. The van der Waals surface area contributed by atoms with Crippen LogP contribution in [0.4, 0.5) is 17.6 Å². The van der Waals surface area contributed by atoms with E-state index in [1.165, 1.54) is 0 Å².